The number of hydrogen-bond acceptors (Lipinski definition) is 3. The number of aryl methyl sites for hydroxylation is 1. The van der Waals surface area contributed by atoms with Gasteiger partial charge in [-0.25, -0.2) is 9.37 Å². The summed E-state index contributed by atoms with van der Waals surface area (Å²) in [6, 6.07) is 8.82. The molecule has 2 aromatic carbocycles. The maximum Gasteiger partial charge on any atom is 0.148 e. The highest BCUT2D eigenvalue weighted by Gasteiger charge is 2.18. The Bertz CT molecular complexity index is 776. The van der Waals surface area contributed by atoms with E-state index in [4.69, 9.17) is 0 Å². The second-order valence-electron chi connectivity index (χ2n) is 4.48. The Balaban J connectivity index is 2.37. The van der Waals surface area contributed by atoms with Crippen molar-refractivity contribution in [2.45, 2.75) is 13.5 Å². The van der Waals surface area contributed by atoms with Crippen molar-refractivity contribution in [2.24, 2.45) is 0 Å². The molecule has 0 saturated heterocycles. The lowest BCUT2D eigenvalue weighted by molar-refractivity contribution is 0.453. The summed E-state index contributed by atoms with van der Waals surface area (Å²) in [4.78, 5) is 4.39. The molecule has 2 N–H and O–H groups in total. The van der Waals surface area contributed by atoms with Gasteiger partial charge in [-0.15, -0.1) is 0 Å². The Kier molecular flexibility index (Phi) is 2.82. The van der Waals surface area contributed by atoms with E-state index >= 15 is 0 Å². The Morgan fingerprint density at radius 2 is 1.85 bits per heavy atom. The third-order valence-electron chi connectivity index (χ3n) is 3.27. The zero-order valence-electron chi connectivity index (χ0n) is 10.8. The number of hydrogen-bond donors (Lipinski definition) is 2. The predicted molar refractivity (Wildman–Crippen MR) is 74.1 cm³/mol. The van der Waals surface area contributed by atoms with Gasteiger partial charge in [-0.2, -0.15) is 0 Å². The number of halogens is 1. The van der Waals surface area contributed by atoms with Crippen molar-refractivity contribution < 1.29 is 14.6 Å². The van der Waals surface area contributed by atoms with Gasteiger partial charge in [-0.05, 0) is 37.3 Å². The van der Waals surface area contributed by atoms with E-state index in [1.807, 2.05) is 6.92 Å². The van der Waals surface area contributed by atoms with E-state index in [1.54, 1.807) is 16.7 Å². The number of nitrogens with zero attached hydrogens (tertiary/aromatic N) is 2. The molecule has 0 atom stereocenters. The van der Waals surface area contributed by atoms with Crippen LogP contribution < -0.4 is 0 Å². The highest BCUT2D eigenvalue weighted by Crippen LogP contribution is 2.37. The highest BCUT2D eigenvalue weighted by molar-refractivity contribution is 5.83. The molecule has 5 heteroatoms. The van der Waals surface area contributed by atoms with Crippen LogP contribution in [0, 0.1) is 5.82 Å². The molecule has 3 aromatic rings. The molecule has 0 aliphatic heterocycles. The Hall–Kier alpha value is -2.56. The maximum atomic E-state index is 13.4. The van der Waals surface area contributed by atoms with Gasteiger partial charge >= 0.3 is 0 Å². The number of aromatic hydroxyl groups is 2. The highest BCUT2D eigenvalue weighted by atomic mass is 19.1. The smallest absolute Gasteiger partial charge is 0.148 e. The van der Waals surface area contributed by atoms with Crippen molar-refractivity contribution in [1.82, 2.24) is 9.55 Å². The van der Waals surface area contributed by atoms with E-state index < -0.39 is 0 Å². The van der Waals surface area contributed by atoms with E-state index in [0.29, 0.717) is 23.4 Å². The van der Waals surface area contributed by atoms with E-state index in [-0.39, 0.29) is 22.9 Å². The zero-order chi connectivity index (χ0) is 14.3. The number of fused-ring (bicyclic) bond motifs is 1. The summed E-state index contributed by atoms with van der Waals surface area (Å²) in [5.74, 6) is -0.0465. The van der Waals surface area contributed by atoms with Crippen LogP contribution in [0.4, 0.5) is 4.39 Å². The van der Waals surface area contributed by atoms with Crippen molar-refractivity contribution in [3.05, 3.63) is 42.2 Å². The number of aromatic nitrogens is 2. The van der Waals surface area contributed by atoms with Gasteiger partial charge in [0.15, 0.2) is 0 Å². The summed E-state index contributed by atoms with van der Waals surface area (Å²) in [5, 5.41) is 19.9. The molecule has 0 fully saturated rings. The molecule has 0 amide bonds. The van der Waals surface area contributed by atoms with E-state index in [9.17, 15) is 14.6 Å². The summed E-state index contributed by atoms with van der Waals surface area (Å²) < 4.78 is 15.1. The molecule has 1 heterocycles. The molecule has 3 rings (SSSR count). The lowest BCUT2D eigenvalue weighted by atomic mass is 10.1. The quantitative estimate of drug-likeness (QED) is 0.752. The summed E-state index contributed by atoms with van der Waals surface area (Å²) in [6.45, 7) is 2.44. The minimum Gasteiger partial charge on any atom is -0.507 e. The average molecular weight is 272 g/mol. The lowest BCUT2D eigenvalue weighted by Crippen LogP contribution is -1.98. The summed E-state index contributed by atoms with van der Waals surface area (Å²) in [7, 11) is 0. The van der Waals surface area contributed by atoms with E-state index in [0.717, 1.165) is 0 Å². The van der Waals surface area contributed by atoms with Crippen LogP contribution in [0.2, 0.25) is 0 Å². The standard InChI is InChI=1S/C15H13FN2O2/c1-2-18-11-8-9(16)6-7-10(11)17-15(18)14-12(19)4-3-5-13(14)20/h3-8,19-20H,2H2,1H3. The number of benzene rings is 2. The fourth-order valence-electron chi connectivity index (χ4n) is 2.36. The first kappa shape index (κ1) is 12.5. The van der Waals surface area contributed by atoms with Crippen molar-refractivity contribution in [3.8, 4) is 22.9 Å². The van der Waals surface area contributed by atoms with Crippen LogP contribution in [0.5, 0.6) is 11.5 Å². The SMILES string of the molecule is CCn1c(-c2c(O)cccc2O)nc2ccc(F)cc21. The van der Waals surface area contributed by atoms with Crippen LogP contribution >= 0.6 is 0 Å². The zero-order valence-corrected chi connectivity index (χ0v) is 10.8. The minimum absolute atomic E-state index is 0.0597. The van der Waals surface area contributed by atoms with Crippen LogP contribution in [-0.2, 0) is 6.54 Å². The molecule has 0 bridgehead atoms. The first-order valence-electron chi connectivity index (χ1n) is 6.29. The maximum absolute atomic E-state index is 13.4. The van der Waals surface area contributed by atoms with Gasteiger partial charge in [0, 0.05) is 6.54 Å². The monoisotopic (exact) mass is 272 g/mol. The lowest BCUT2D eigenvalue weighted by Gasteiger charge is -2.09. The predicted octanol–water partition coefficient (Wildman–Crippen LogP) is 3.27. The first-order valence-corrected chi connectivity index (χ1v) is 6.29. The Labute approximate surface area is 114 Å². The molecule has 0 unspecified atom stereocenters. The fraction of sp³-hybridized carbons (Fsp3) is 0.133. The van der Waals surface area contributed by atoms with Gasteiger partial charge in [0.2, 0.25) is 0 Å². The minimum atomic E-state index is -0.347. The fourth-order valence-corrected chi connectivity index (χ4v) is 2.36. The second-order valence-corrected chi connectivity index (χ2v) is 4.48. The van der Waals surface area contributed by atoms with Gasteiger partial charge in [0.05, 0.1) is 11.0 Å². The number of phenolic OH excluding ortho intramolecular Hbond substituents is 2. The van der Waals surface area contributed by atoms with Crippen molar-refractivity contribution >= 4 is 11.0 Å². The van der Waals surface area contributed by atoms with Gasteiger partial charge < -0.3 is 14.8 Å². The third kappa shape index (κ3) is 1.79. The first-order chi connectivity index (χ1) is 9.61. The topological polar surface area (TPSA) is 58.3 Å². The van der Waals surface area contributed by atoms with Crippen LogP contribution in [-0.4, -0.2) is 19.8 Å². The molecule has 0 radical (unpaired) electrons. The molecular weight excluding hydrogens is 259 g/mol. The Morgan fingerprint density at radius 1 is 1.15 bits per heavy atom. The van der Waals surface area contributed by atoms with Gasteiger partial charge in [0.1, 0.15) is 28.7 Å². The molecule has 4 nitrogen and oxygen atoms in total. The molecule has 20 heavy (non-hydrogen) atoms. The van der Waals surface area contributed by atoms with Gasteiger partial charge in [-0.3, -0.25) is 0 Å². The van der Waals surface area contributed by atoms with Crippen molar-refractivity contribution in [1.29, 1.82) is 0 Å². The summed E-state index contributed by atoms with van der Waals surface area (Å²) >= 11 is 0. The van der Waals surface area contributed by atoms with Crippen LogP contribution in [0.25, 0.3) is 22.4 Å². The van der Waals surface area contributed by atoms with Crippen LogP contribution in [0.15, 0.2) is 36.4 Å². The van der Waals surface area contributed by atoms with Gasteiger partial charge in [-0.1, -0.05) is 6.07 Å². The molecular formula is C15H13FN2O2. The van der Waals surface area contributed by atoms with Crippen LogP contribution in [0.1, 0.15) is 6.92 Å². The van der Waals surface area contributed by atoms with Crippen molar-refractivity contribution in [3.63, 3.8) is 0 Å². The van der Waals surface area contributed by atoms with E-state index in [2.05, 4.69) is 4.98 Å². The second kappa shape index (κ2) is 4.52. The molecule has 0 spiro atoms. The normalized spacial score (nSPS) is 11.1. The molecule has 102 valence electrons. The molecule has 0 aliphatic carbocycles. The Morgan fingerprint density at radius 3 is 2.50 bits per heavy atom. The number of imidazole rings is 1. The van der Waals surface area contributed by atoms with Crippen LogP contribution in [0.3, 0.4) is 0 Å². The average Bonchev–Trinajstić information content (AvgIpc) is 2.76. The van der Waals surface area contributed by atoms with Gasteiger partial charge in [0.25, 0.3) is 0 Å². The largest absolute Gasteiger partial charge is 0.507 e. The number of rotatable bonds is 2. The number of phenols is 2. The molecule has 0 aliphatic rings. The third-order valence-corrected chi connectivity index (χ3v) is 3.27. The molecule has 1 aromatic heterocycles. The molecule has 0 saturated carbocycles. The summed E-state index contributed by atoms with van der Waals surface area (Å²) in [6.07, 6.45) is 0. The van der Waals surface area contributed by atoms with E-state index in [1.165, 1.54) is 24.3 Å². The van der Waals surface area contributed by atoms with Crippen molar-refractivity contribution in [2.75, 3.05) is 0 Å². The summed E-state index contributed by atoms with van der Waals surface area (Å²) in [5.41, 5.74) is 1.50.